The highest BCUT2D eigenvalue weighted by atomic mass is 19.4. The lowest BCUT2D eigenvalue weighted by Gasteiger charge is -2.29. The third kappa shape index (κ3) is 4.60. The van der Waals surface area contributed by atoms with Gasteiger partial charge in [0.15, 0.2) is 0 Å². The van der Waals surface area contributed by atoms with Crippen molar-refractivity contribution in [3.8, 4) is 0 Å². The van der Waals surface area contributed by atoms with Crippen LogP contribution in [0.3, 0.4) is 0 Å². The number of ether oxygens (including phenoxy) is 1. The lowest BCUT2D eigenvalue weighted by atomic mass is 10.2. The topological polar surface area (TPSA) is 9.23 Å². The Labute approximate surface area is 116 Å². The van der Waals surface area contributed by atoms with E-state index in [1.54, 1.807) is 0 Å². The fourth-order valence-electron chi connectivity index (χ4n) is 0.795. The summed E-state index contributed by atoms with van der Waals surface area (Å²) in [6, 6.07) is 0. The van der Waals surface area contributed by atoms with Crippen molar-refractivity contribution in [2.24, 2.45) is 0 Å². The Morgan fingerprint density at radius 1 is 0.652 bits per heavy atom. The van der Waals surface area contributed by atoms with Gasteiger partial charge in [-0.2, -0.15) is 61.5 Å². The molecule has 0 unspecified atom stereocenters. The Bertz CT molecular complexity index is 454. The van der Waals surface area contributed by atoms with Crippen molar-refractivity contribution < 1.29 is 66.2 Å². The van der Waals surface area contributed by atoms with Crippen molar-refractivity contribution in [2.45, 2.75) is 30.3 Å². The molecule has 0 aromatic carbocycles. The summed E-state index contributed by atoms with van der Waals surface area (Å²) in [7, 11) is 0. The van der Waals surface area contributed by atoms with Crippen LogP contribution < -0.4 is 0 Å². The van der Waals surface area contributed by atoms with Gasteiger partial charge in [0.25, 0.3) is 0 Å². The lowest BCUT2D eigenvalue weighted by Crippen LogP contribution is -2.55. The largest absolute Gasteiger partial charge is 0.459 e. The number of alkyl halides is 12. The fourth-order valence-corrected chi connectivity index (χ4v) is 0.795. The number of hydrogen-bond acceptors (Lipinski definition) is 1. The monoisotopic (exact) mass is 380 g/mol. The van der Waals surface area contributed by atoms with Crippen LogP contribution in [0.4, 0.5) is 61.5 Å². The molecule has 0 spiro atoms. The first-order valence-electron chi connectivity index (χ1n) is 4.74. The van der Waals surface area contributed by atoms with Crippen LogP contribution in [0.1, 0.15) is 0 Å². The van der Waals surface area contributed by atoms with Crippen molar-refractivity contribution in [3.63, 3.8) is 0 Å². The molecule has 0 rings (SSSR count). The van der Waals surface area contributed by atoms with Gasteiger partial charge in [0, 0.05) is 0 Å². The molecule has 0 aliphatic carbocycles. The van der Waals surface area contributed by atoms with Crippen LogP contribution in [-0.2, 0) is 4.74 Å². The minimum absolute atomic E-state index is 2.32. The molecule has 0 amide bonds. The third-order valence-corrected chi connectivity index (χ3v) is 1.95. The van der Waals surface area contributed by atoms with E-state index >= 15 is 0 Å². The van der Waals surface area contributed by atoms with Crippen LogP contribution in [0.15, 0.2) is 11.7 Å². The van der Waals surface area contributed by atoms with Crippen LogP contribution in [0.5, 0.6) is 0 Å². The number of allylic oxidation sites excluding steroid dienone is 1. The van der Waals surface area contributed by atoms with E-state index in [9.17, 15) is 61.5 Å². The number of rotatable bonds is 5. The van der Waals surface area contributed by atoms with Gasteiger partial charge >= 0.3 is 30.3 Å². The van der Waals surface area contributed by atoms with Gasteiger partial charge in [0.05, 0.1) is 0 Å². The molecule has 0 saturated carbocycles. The first-order valence-corrected chi connectivity index (χ1v) is 4.74. The second-order valence-corrected chi connectivity index (χ2v) is 3.71. The maximum Gasteiger partial charge on any atom is 0.459 e. The van der Waals surface area contributed by atoms with Crippen LogP contribution in [0.25, 0.3) is 0 Å². The molecule has 23 heavy (non-hydrogen) atoms. The average molecular weight is 380 g/mol. The zero-order valence-electron chi connectivity index (χ0n) is 9.91. The molecule has 138 valence electrons. The summed E-state index contributed by atoms with van der Waals surface area (Å²) in [5.41, 5.74) is 0. The minimum atomic E-state index is -6.94. The molecule has 0 N–H and O–H groups in total. The van der Waals surface area contributed by atoms with Gasteiger partial charge in [0.1, 0.15) is 6.61 Å². The fraction of sp³-hybridized carbons (Fsp3) is 0.750. The summed E-state index contributed by atoms with van der Waals surface area (Å²) in [5, 5.41) is 0. The van der Waals surface area contributed by atoms with Crippen molar-refractivity contribution in [2.75, 3.05) is 6.61 Å². The molecule has 0 aliphatic rings. The van der Waals surface area contributed by atoms with E-state index in [2.05, 4.69) is 4.74 Å². The summed E-state index contributed by atoms with van der Waals surface area (Å²) in [4.78, 5) is 0. The van der Waals surface area contributed by atoms with E-state index in [1.807, 2.05) is 0 Å². The summed E-state index contributed by atoms with van der Waals surface area (Å²) in [5.74, 6) is -21.6. The molecule has 0 radical (unpaired) electrons. The van der Waals surface area contributed by atoms with Crippen molar-refractivity contribution in [3.05, 3.63) is 11.7 Å². The van der Waals surface area contributed by atoms with Crippen LogP contribution in [0.2, 0.25) is 0 Å². The molecule has 15 heteroatoms. The first-order chi connectivity index (χ1) is 9.77. The molecule has 1 nitrogen and oxygen atoms in total. The van der Waals surface area contributed by atoms with E-state index in [4.69, 9.17) is 0 Å². The van der Waals surface area contributed by atoms with E-state index < -0.39 is 48.6 Å². The minimum Gasteiger partial charge on any atom is -0.308 e. The highest BCUT2D eigenvalue weighted by Crippen LogP contribution is 2.47. The van der Waals surface area contributed by atoms with E-state index in [1.165, 1.54) is 0 Å². The number of halogens is 14. The first kappa shape index (κ1) is 21.7. The van der Waals surface area contributed by atoms with Gasteiger partial charge in [-0.05, 0) is 0 Å². The Morgan fingerprint density at radius 2 is 1.04 bits per heavy atom. The van der Waals surface area contributed by atoms with E-state index in [0.717, 1.165) is 0 Å². The molecular formula is C8H2F14O. The maximum absolute atomic E-state index is 12.6. The Hall–Kier alpha value is -1.28. The lowest BCUT2D eigenvalue weighted by molar-refractivity contribution is -0.373. The van der Waals surface area contributed by atoms with Gasteiger partial charge in [-0.1, -0.05) is 0 Å². The molecule has 0 bridgehead atoms. The van der Waals surface area contributed by atoms with Gasteiger partial charge in [-0.15, -0.1) is 0 Å². The molecule has 0 fully saturated rings. The normalized spacial score (nSPS) is 16.4. The second-order valence-electron chi connectivity index (χ2n) is 3.71. The van der Waals surface area contributed by atoms with E-state index in [0.29, 0.717) is 0 Å². The molecule has 0 aromatic heterocycles. The number of hydrogen-bond donors (Lipinski definition) is 0. The van der Waals surface area contributed by atoms with Gasteiger partial charge in [-0.25, -0.2) is 0 Å². The molecule has 0 saturated heterocycles. The SMILES string of the molecule is FC(=C(F)C(F)(F)OCC(F)(F)C(F)(F)C(F)(F)F)C(F)(F)F. The van der Waals surface area contributed by atoms with Crippen molar-refractivity contribution in [1.82, 2.24) is 0 Å². The Balaban J connectivity index is 5.39. The van der Waals surface area contributed by atoms with Gasteiger partial charge in [0.2, 0.25) is 11.7 Å². The Kier molecular flexibility index (Phi) is 5.64. The zero-order valence-corrected chi connectivity index (χ0v) is 9.91. The van der Waals surface area contributed by atoms with Gasteiger partial charge < -0.3 is 4.74 Å². The highest BCUT2D eigenvalue weighted by molar-refractivity contribution is 5.11. The predicted octanol–water partition coefficient (Wildman–Crippen LogP) is 5.14. The smallest absolute Gasteiger partial charge is 0.308 e. The summed E-state index contributed by atoms with van der Waals surface area (Å²) in [6.07, 6.45) is -19.5. The summed E-state index contributed by atoms with van der Waals surface area (Å²) < 4.78 is 171. The molecule has 0 heterocycles. The van der Waals surface area contributed by atoms with Crippen LogP contribution in [0, 0.1) is 0 Å². The average Bonchev–Trinajstić information content (AvgIpc) is 2.32. The Morgan fingerprint density at radius 3 is 1.35 bits per heavy atom. The molecule has 0 aromatic rings. The third-order valence-electron chi connectivity index (χ3n) is 1.95. The standard InChI is InChI=1S/C8H2F14O/c9-2(5(13,14)15)3(10)6(16,17)23-1-4(11,12)7(18,19)8(20,21)22/h1H2. The second kappa shape index (κ2) is 5.98. The quantitative estimate of drug-likeness (QED) is 0.601. The van der Waals surface area contributed by atoms with Crippen LogP contribution in [-0.4, -0.2) is 36.9 Å². The molecule has 0 atom stereocenters. The molecule has 0 aliphatic heterocycles. The molecular weight excluding hydrogens is 378 g/mol. The van der Waals surface area contributed by atoms with E-state index in [-0.39, 0.29) is 0 Å². The summed E-state index contributed by atoms with van der Waals surface area (Å²) in [6.45, 7) is -3.56. The van der Waals surface area contributed by atoms with Crippen molar-refractivity contribution in [1.29, 1.82) is 0 Å². The zero-order chi connectivity index (χ0) is 19.1. The summed E-state index contributed by atoms with van der Waals surface area (Å²) >= 11 is 0. The van der Waals surface area contributed by atoms with Crippen molar-refractivity contribution >= 4 is 0 Å². The van der Waals surface area contributed by atoms with Gasteiger partial charge in [-0.3, -0.25) is 0 Å². The predicted molar refractivity (Wildman–Crippen MR) is 42.1 cm³/mol. The van der Waals surface area contributed by atoms with Crippen LogP contribution >= 0.6 is 0 Å². The highest BCUT2D eigenvalue weighted by Gasteiger charge is 2.73. The maximum atomic E-state index is 12.6.